The first-order chi connectivity index (χ1) is 18.8. The Hall–Kier alpha value is -2.58. The van der Waals surface area contributed by atoms with Gasteiger partial charge in [0.05, 0.1) is 15.2 Å². The molecule has 1 aliphatic rings. The van der Waals surface area contributed by atoms with E-state index in [4.69, 9.17) is 14.6 Å². The van der Waals surface area contributed by atoms with E-state index in [0.29, 0.717) is 24.5 Å². The number of likely N-dealkylation sites (N-methyl/N-ethyl adjacent to an activating group) is 1. The van der Waals surface area contributed by atoms with Crippen molar-refractivity contribution in [1.82, 2.24) is 15.6 Å². The maximum absolute atomic E-state index is 12.5. The highest BCUT2D eigenvalue weighted by atomic mass is 32.1. The lowest BCUT2D eigenvalue weighted by atomic mass is 9.83. The molecule has 0 radical (unpaired) electrons. The van der Waals surface area contributed by atoms with Crippen molar-refractivity contribution in [2.45, 2.75) is 105 Å². The van der Waals surface area contributed by atoms with Gasteiger partial charge in [-0.05, 0) is 55.5 Å². The molecule has 1 atom stereocenters. The van der Waals surface area contributed by atoms with Gasteiger partial charge in [-0.15, -0.1) is 11.3 Å². The number of thiazole rings is 1. The molecule has 8 heteroatoms. The van der Waals surface area contributed by atoms with Crippen molar-refractivity contribution in [3.05, 3.63) is 41.4 Å². The minimum absolute atomic E-state index is 0.156. The van der Waals surface area contributed by atoms with Crippen molar-refractivity contribution in [2.24, 2.45) is 11.7 Å². The Morgan fingerprint density at radius 3 is 2.23 bits per heavy atom. The number of carbonyl (C=O) groups excluding carboxylic acids is 3. The molecule has 0 saturated heterocycles. The summed E-state index contributed by atoms with van der Waals surface area (Å²) in [7, 11) is 1.97. The first-order valence-electron chi connectivity index (χ1n) is 14.4. The summed E-state index contributed by atoms with van der Waals surface area (Å²) < 4.78 is 1.23. The molecule has 1 saturated carbocycles. The summed E-state index contributed by atoms with van der Waals surface area (Å²) >= 11 is 1.72. The molecular weight excluding hydrogens is 508 g/mol. The number of carbonyl (C=O) groups is 3. The molecule has 1 aliphatic carbocycles. The second-order valence-electron chi connectivity index (χ2n) is 9.33. The van der Waals surface area contributed by atoms with E-state index >= 15 is 0 Å². The molecule has 1 aromatic heterocycles. The summed E-state index contributed by atoms with van der Waals surface area (Å²) in [5, 5.41) is 7.60. The molecule has 4 N–H and O–H groups in total. The van der Waals surface area contributed by atoms with Crippen molar-refractivity contribution >= 4 is 40.2 Å². The summed E-state index contributed by atoms with van der Waals surface area (Å²) in [5.41, 5.74) is 6.56. The number of nitrogens with zero attached hydrogens (tertiary/aromatic N) is 1. The minimum atomic E-state index is 0.156. The fraction of sp³-hybridized carbons (Fsp3) is 0.613. The van der Waals surface area contributed by atoms with Crippen LogP contribution in [0.15, 0.2) is 30.9 Å². The maximum atomic E-state index is 12.5. The van der Waals surface area contributed by atoms with Crippen LogP contribution in [0.5, 0.6) is 0 Å². The van der Waals surface area contributed by atoms with E-state index in [9.17, 15) is 4.79 Å². The van der Waals surface area contributed by atoms with Gasteiger partial charge in [0.2, 0.25) is 12.3 Å². The number of hydrogen-bond acceptors (Lipinski definition) is 6. The van der Waals surface area contributed by atoms with Gasteiger partial charge in [0.15, 0.2) is 0 Å². The van der Waals surface area contributed by atoms with Gasteiger partial charge in [-0.3, -0.25) is 14.4 Å². The molecule has 3 rings (SSSR count). The van der Waals surface area contributed by atoms with Gasteiger partial charge in [0, 0.05) is 25.4 Å². The molecular formula is C31H54N4O3S. The lowest BCUT2D eigenvalue weighted by Crippen LogP contribution is -2.46. The second kappa shape index (κ2) is 25.7. The van der Waals surface area contributed by atoms with Crippen molar-refractivity contribution in [3.63, 3.8) is 0 Å². The van der Waals surface area contributed by atoms with Crippen LogP contribution in [0.2, 0.25) is 0 Å². The highest BCUT2D eigenvalue weighted by Crippen LogP contribution is 2.28. The van der Waals surface area contributed by atoms with Crippen LogP contribution < -0.4 is 16.4 Å². The first-order valence-corrected chi connectivity index (χ1v) is 15.2. The number of primary amides is 1. The van der Waals surface area contributed by atoms with Gasteiger partial charge >= 0.3 is 0 Å². The van der Waals surface area contributed by atoms with Gasteiger partial charge in [-0.25, -0.2) is 4.98 Å². The van der Waals surface area contributed by atoms with Crippen LogP contribution in [0.4, 0.5) is 0 Å². The molecule has 0 bridgehead atoms. The van der Waals surface area contributed by atoms with Crippen LogP contribution in [0.25, 0.3) is 10.2 Å². The van der Waals surface area contributed by atoms with Crippen LogP contribution in [0.1, 0.15) is 103 Å². The van der Waals surface area contributed by atoms with E-state index in [1.807, 2.05) is 20.9 Å². The molecule has 1 aromatic carbocycles. The van der Waals surface area contributed by atoms with Crippen LogP contribution in [0, 0.1) is 5.92 Å². The molecule has 0 aliphatic heterocycles. The molecule has 222 valence electrons. The zero-order valence-electron chi connectivity index (χ0n) is 25.4. The van der Waals surface area contributed by atoms with Crippen molar-refractivity contribution in [1.29, 1.82) is 0 Å². The Labute approximate surface area is 241 Å². The van der Waals surface area contributed by atoms with E-state index in [1.54, 1.807) is 11.3 Å². The lowest BCUT2D eigenvalue weighted by molar-refractivity contribution is -0.122. The zero-order chi connectivity index (χ0) is 30.1. The highest BCUT2D eigenvalue weighted by Gasteiger charge is 2.24. The van der Waals surface area contributed by atoms with Crippen molar-refractivity contribution < 1.29 is 14.4 Å². The Balaban J connectivity index is 0. The number of fused-ring (bicyclic) bond motifs is 1. The third-order valence-electron chi connectivity index (χ3n) is 5.77. The fourth-order valence-corrected chi connectivity index (χ4v) is 5.06. The number of hydrogen-bond donors (Lipinski definition) is 3. The molecule has 39 heavy (non-hydrogen) atoms. The summed E-state index contributed by atoms with van der Waals surface area (Å²) in [6, 6.07) is 6.77. The van der Waals surface area contributed by atoms with Gasteiger partial charge in [0.25, 0.3) is 0 Å². The summed E-state index contributed by atoms with van der Waals surface area (Å²) in [6.45, 7) is 16.6. The summed E-state index contributed by atoms with van der Waals surface area (Å²) in [4.78, 5) is 34.9. The molecule has 1 heterocycles. The maximum Gasteiger partial charge on any atom is 0.220 e. The molecule has 1 unspecified atom stereocenters. The number of aryl methyl sites for hydroxylation is 1. The van der Waals surface area contributed by atoms with E-state index in [-0.39, 0.29) is 18.4 Å². The first kappa shape index (κ1) is 38.6. The Kier molecular flexibility index (Phi) is 25.4. The third kappa shape index (κ3) is 17.6. The van der Waals surface area contributed by atoms with Crippen LogP contribution in [-0.2, 0) is 20.8 Å². The third-order valence-corrected chi connectivity index (χ3v) is 6.85. The molecule has 2 aromatic rings. The molecule has 0 spiro atoms. The minimum Gasteiger partial charge on any atom is -0.372 e. The molecule has 1 fully saturated rings. The fourth-order valence-electron chi connectivity index (χ4n) is 4.05. The van der Waals surface area contributed by atoms with Gasteiger partial charge in [-0.2, -0.15) is 0 Å². The molecule has 7 nitrogen and oxygen atoms in total. The zero-order valence-corrected chi connectivity index (χ0v) is 26.2. The average molecular weight is 563 g/mol. The Bertz CT molecular complexity index is 902. The van der Waals surface area contributed by atoms with E-state index in [1.165, 1.54) is 54.9 Å². The number of amides is 2. The predicted octanol–water partition coefficient (Wildman–Crippen LogP) is 6.55. The quantitative estimate of drug-likeness (QED) is 0.237. The van der Waals surface area contributed by atoms with E-state index in [2.05, 4.69) is 68.8 Å². The molecule has 2 amide bonds. The lowest BCUT2D eigenvalue weighted by Gasteiger charge is -2.31. The number of nitrogens with one attached hydrogen (secondary N) is 2. The SMILES string of the molecule is C=CC=O.CC.CCC.CNCC(NC(=O)CCc1nc2ccc(C(C)C)cc2s1)C1CCCCC1.NC=O. The van der Waals surface area contributed by atoms with Crippen LogP contribution in [-0.4, -0.2) is 43.2 Å². The normalized spacial score (nSPS) is 13.0. The highest BCUT2D eigenvalue weighted by molar-refractivity contribution is 7.18. The van der Waals surface area contributed by atoms with Gasteiger partial charge < -0.3 is 16.4 Å². The number of nitrogens with two attached hydrogens (primary N) is 1. The van der Waals surface area contributed by atoms with E-state index < -0.39 is 0 Å². The Morgan fingerprint density at radius 1 is 1.18 bits per heavy atom. The van der Waals surface area contributed by atoms with Crippen molar-refractivity contribution in [3.8, 4) is 0 Å². The monoisotopic (exact) mass is 562 g/mol. The number of aromatic nitrogens is 1. The smallest absolute Gasteiger partial charge is 0.220 e. The van der Waals surface area contributed by atoms with Crippen LogP contribution >= 0.6 is 11.3 Å². The Morgan fingerprint density at radius 2 is 1.74 bits per heavy atom. The van der Waals surface area contributed by atoms with Gasteiger partial charge in [-0.1, -0.05) is 79.9 Å². The average Bonchev–Trinajstić information content (AvgIpc) is 3.36. The summed E-state index contributed by atoms with van der Waals surface area (Å²) in [5.74, 6) is 1.30. The standard InChI is InChI=1S/C22H33N3OS.C3H4O.C3H8.C2H6.CH3NO/c1-15(2)17-9-10-18-20(13-17)27-22(25-18)12-11-21(26)24-19(14-23-3)16-7-5-4-6-8-16;1-2-3-4;1-3-2;1-2;2-1-3/h9-10,13,15-16,19,23H,4-8,11-12,14H2,1-3H3,(H,24,26);2-3H,1H2;3H2,1-2H3;1-2H3;1H,(H2,2,3). The predicted molar refractivity (Wildman–Crippen MR) is 168 cm³/mol. The number of allylic oxidation sites excluding steroid dienone is 1. The van der Waals surface area contributed by atoms with Gasteiger partial charge in [0.1, 0.15) is 6.29 Å². The van der Waals surface area contributed by atoms with Crippen molar-refractivity contribution in [2.75, 3.05) is 13.6 Å². The van der Waals surface area contributed by atoms with Crippen LogP contribution in [0.3, 0.4) is 0 Å². The topological polar surface area (TPSA) is 114 Å². The second-order valence-corrected chi connectivity index (χ2v) is 10.4. The number of benzene rings is 1. The van der Waals surface area contributed by atoms with E-state index in [0.717, 1.165) is 23.5 Å². The largest absolute Gasteiger partial charge is 0.372 e. The summed E-state index contributed by atoms with van der Waals surface area (Å²) in [6.07, 6.45) is 11.0. The number of rotatable bonds is 9. The number of aldehydes is 1.